The molecule has 0 aliphatic heterocycles. The van der Waals surface area contributed by atoms with Crippen molar-refractivity contribution >= 4 is 19.8 Å². The number of carbonyl (C=O) groups excluding carboxylic acids is 2. The number of esters is 2. The molecule has 0 aromatic rings. The Morgan fingerprint density at radius 2 is 1.72 bits per heavy atom. The van der Waals surface area contributed by atoms with Crippen molar-refractivity contribution in [2.45, 2.75) is 51.7 Å². The second-order valence-corrected chi connectivity index (χ2v) is 6.60. The third kappa shape index (κ3) is 12.9. The summed E-state index contributed by atoms with van der Waals surface area (Å²) in [6, 6.07) is 0. The van der Waals surface area contributed by atoms with Crippen LogP contribution in [0.25, 0.3) is 0 Å². The highest BCUT2D eigenvalue weighted by atomic mass is 31.2. The van der Waals surface area contributed by atoms with Crippen molar-refractivity contribution in [3.63, 3.8) is 0 Å². The van der Waals surface area contributed by atoms with Crippen molar-refractivity contribution in [2.75, 3.05) is 26.4 Å². The molecule has 0 rings (SSSR count). The minimum atomic E-state index is -4.54. The predicted octanol–water partition coefficient (Wildman–Crippen LogP) is 0.528. The van der Waals surface area contributed by atoms with Gasteiger partial charge in [0.15, 0.2) is 6.10 Å². The zero-order chi connectivity index (χ0) is 19.3. The van der Waals surface area contributed by atoms with Crippen molar-refractivity contribution < 1.29 is 47.8 Å². The molecule has 0 spiro atoms. The Morgan fingerprint density at radius 1 is 1.08 bits per heavy atom. The Morgan fingerprint density at radius 3 is 2.28 bits per heavy atom. The molecule has 0 aliphatic rings. The number of ether oxygens (including phenoxy) is 2. The molecule has 0 amide bonds. The van der Waals surface area contributed by atoms with E-state index in [0.717, 1.165) is 6.42 Å². The Labute approximate surface area is 146 Å². The molecular formula is C14H27O10P. The van der Waals surface area contributed by atoms with Gasteiger partial charge >= 0.3 is 19.8 Å². The second-order valence-electron chi connectivity index (χ2n) is 5.15. The van der Waals surface area contributed by atoms with Gasteiger partial charge in [-0.15, -0.1) is 0 Å². The smallest absolute Gasteiger partial charge is 0.462 e. The van der Waals surface area contributed by atoms with Gasteiger partial charge in [0, 0.05) is 12.8 Å². The average molecular weight is 386 g/mol. The van der Waals surface area contributed by atoms with Crippen molar-refractivity contribution in [1.29, 1.82) is 0 Å². The monoisotopic (exact) mass is 386 g/mol. The molecule has 11 heteroatoms. The highest BCUT2D eigenvalue weighted by Gasteiger charge is 2.26. The summed E-state index contributed by atoms with van der Waals surface area (Å²) in [5.41, 5.74) is 0. The molecule has 0 saturated heterocycles. The number of hydrogen-bond acceptors (Lipinski definition) is 9. The van der Waals surface area contributed by atoms with E-state index in [1.807, 2.05) is 6.92 Å². The van der Waals surface area contributed by atoms with Crippen molar-refractivity contribution in [2.24, 2.45) is 0 Å². The Kier molecular flexibility index (Phi) is 12.7. The van der Waals surface area contributed by atoms with E-state index < -0.39 is 51.8 Å². The van der Waals surface area contributed by atoms with Gasteiger partial charge in [-0.3, -0.25) is 18.6 Å². The molecule has 0 saturated carbocycles. The van der Waals surface area contributed by atoms with E-state index in [2.05, 4.69) is 9.05 Å². The summed E-state index contributed by atoms with van der Waals surface area (Å²) < 4.78 is 30.8. The van der Waals surface area contributed by atoms with Crippen LogP contribution in [0.15, 0.2) is 0 Å². The maximum atomic E-state index is 11.7. The van der Waals surface area contributed by atoms with Crippen LogP contribution in [0.1, 0.15) is 39.5 Å². The summed E-state index contributed by atoms with van der Waals surface area (Å²) in [4.78, 5) is 32.3. The molecule has 148 valence electrons. The van der Waals surface area contributed by atoms with E-state index in [-0.39, 0.29) is 19.4 Å². The SMILES string of the molecule is CCCCC(=O)OC(COC(=O)CC)COP(=O)(O)OCC(O)CO. The molecule has 0 heterocycles. The maximum Gasteiger partial charge on any atom is 0.472 e. The number of carbonyl (C=O) groups is 2. The molecule has 0 fully saturated rings. The maximum absolute atomic E-state index is 11.7. The fraction of sp³-hybridized carbons (Fsp3) is 0.857. The lowest BCUT2D eigenvalue weighted by atomic mass is 10.2. The first-order valence-corrected chi connectivity index (χ1v) is 9.49. The van der Waals surface area contributed by atoms with E-state index in [4.69, 9.17) is 19.7 Å². The van der Waals surface area contributed by atoms with Gasteiger partial charge < -0.3 is 24.6 Å². The molecule has 0 bridgehead atoms. The van der Waals surface area contributed by atoms with Crippen LogP contribution in [0, 0.1) is 0 Å². The van der Waals surface area contributed by atoms with Crippen LogP contribution in [0.2, 0.25) is 0 Å². The predicted molar refractivity (Wildman–Crippen MR) is 85.5 cm³/mol. The topological polar surface area (TPSA) is 149 Å². The van der Waals surface area contributed by atoms with Crippen molar-refractivity contribution in [3.05, 3.63) is 0 Å². The van der Waals surface area contributed by atoms with Gasteiger partial charge in [0.2, 0.25) is 0 Å². The minimum absolute atomic E-state index is 0.123. The molecule has 0 radical (unpaired) electrons. The number of phosphoric acid groups is 1. The summed E-state index contributed by atoms with van der Waals surface area (Å²) >= 11 is 0. The van der Waals surface area contributed by atoms with E-state index >= 15 is 0 Å². The van der Waals surface area contributed by atoms with Gasteiger partial charge in [0.05, 0.1) is 19.8 Å². The lowest BCUT2D eigenvalue weighted by molar-refractivity contribution is -0.161. The summed E-state index contributed by atoms with van der Waals surface area (Å²) in [7, 11) is -4.54. The lowest BCUT2D eigenvalue weighted by Crippen LogP contribution is -2.29. The van der Waals surface area contributed by atoms with Crippen LogP contribution < -0.4 is 0 Å². The first kappa shape index (κ1) is 24.0. The van der Waals surface area contributed by atoms with Crippen LogP contribution in [0.3, 0.4) is 0 Å². The normalized spacial score (nSPS) is 15.9. The summed E-state index contributed by atoms with van der Waals surface area (Å²) in [5.74, 6) is -1.07. The largest absolute Gasteiger partial charge is 0.472 e. The molecule has 0 aromatic carbocycles. The highest BCUT2D eigenvalue weighted by molar-refractivity contribution is 7.47. The van der Waals surface area contributed by atoms with Crippen LogP contribution in [-0.2, 0) is 32.7 Å². The zero-order valence-corrected chi connectivity index (χ0v) is 15.4. The van der Waals surface area contributed by atoms with Crippen molar-refractivity contribution in [3.8, 4) is 0 Å². The van der Waals surface area contributed by atoms with Gasteiger partial charge in [-0.2, -0.15) is 0 Å². The number of hydrogen-bond donors (Lipinski definition) is 3. The summed E-state index contributed by atoms with van der Waals surface area (Å²) in [6.07, 6.45) is -0.734. The van der Waals surface area contributed by atoms with E-state index in [1.54, 1.807) is 6.92 Å². The third-order valence-electron chi connectivity index (χ3n) is 2.82. The van der Waals surface area contributed by atoms with Crippen molar-refractivity contribution in [1.82, 2.24) is 0 Å². The fourth-order valence-corrected chi connectivity index (χ4v) is 2.21. The number of aliphatic hydroxyl groups is 2. The molecule has 0 aliphatic carbocycles. The van der Waals surface area contributed by atoms with Gasteiger partial charge in [-0.05, 0) is 6.42 Å². The highest BCUT2D eigenvalue weighted by Crippen LogP contribution is 2.43. The van der Waals surface area contributed by atoms with Crippen LogP contribution >= 0.6 is 7.82 Å². The zero-order valence-electron chi connectivity index (χ0n) is 14.5. The first-order valence-electron chi connectivity index (χ1n) is 7.99. The quantitative estimate of drug-likeness (QED) is 0.285. The van der Waals surface area contributed by atoms with Crippen LogP contribution in [0.4, 0.5) is 0 Å². The van der Waals surface area contributed by atoms with Gasteiger partial charge in [-0.25, -0.2) is 4.57 Å². The molecule has 3 N–H and O–H groups in total. The standard InChI is InChI=1S/C14H27O10P/c1-3-5-6-14(18)24-12(9-21-13(17)4-2)10-23-25(19,20)22-8-11(16)7-15/h11-12,15-16H,3-10H2,1-2H3,(H,19,20). The van der Waals surface area contributed by atoms with E-state index in [0.29, 0.717) is 6.42 Å². The Bertz CT molecular complexity index is 441. The number of rotatable bonds is 14. The number of phosphoric ester groups is 1. The average Bonchev–Trinajstić information content (AvgIpc) is 2.59. The van der Waals surface area contributed by atoms with Gasteiger partial charge in [0.25, 0.3) is 0 Å². The van der Waals surface area contributed by atoms with Crippen LogP contribution in [0.5, 0.6) is 0 Å². The fourth-order valence-electron chi connectivity index (χ4n) is 1.42. The lowest BCUT2D eigenvalue weighted by Gasteiger charge is -2.20. The van der Waals surface area contributed by atoms with E-state index in [9.17, 15) is 19.0 Å². The Hall–Kier alpha value is -1.03. The van der Waals surface area contributed by atoms with Gasteiger partial charge in [0.1, 0.15) is 12.7 Å². The minimum Gasteiger partial charge on any atom is -0.462 e. The molecule has 0 aromatic heterocycles. The number of unbranched alkanes of at least 4 members (excludes halogenated alkanes) is 1. The number of aliphatic hydroxyl groups excluding tert-OH is 2. The van der Waals surface area contributed by atoms with Crippen LogP contribution in [-0.4, -0.2) is 65.7 Å². The molecule has 10 nitrogen and oxygen atoms in total. The third-order valence-corrected chi connectivity index (χ3v) is 3.77. The molecular weight excluding hydrogens is 359 g/mol. The molecule has 3 unspecified atom stereocenters. The molecule has 3 atom stereocenters. The molecule has 25 heavy (non-hydrogen) atoms. The van der Waals surface area contributed by atoms with Gasteiger partial charge in [-0.1, -0.05) is 20.3 Å². The Balaban J connectivity index is 4.55. The summed E-state index contributed by atoms with van der Waals surface area (Å²) in [5, 5.41) is 17.7. The summed E-state index contributed by atoms with van der Waals surface area (Å²) in [6.45, 7) is 1.35. The second kappa shape index (κ2) is 13.2. The first-order chi connectivity index (χ1) is 11.7. The van der Waals surface area contributed by atoms with E-state index in [1.165, 1.54) is 0 Å².